The van der Waals surface area contributed by atoms with Crippen LogP contribution < -0.4 is 5.73 Å². The fourth-order valence-corrected chi connectivity index (χ4v) is 7.46. The van der Waals surface area contributed by atoms with E-state index in [0.717, 1.165) is 0 Å². The van der Waals surface area contributed by atoms with Gasteiger partial charge in [0.15, 0.2) is 34.7 Å². The number of halogens is 2. The Bertz CT molecular complexity index is 1570. The Balaban J connectivity index is 1.45. The molecule has 3 aliphatic carbocycles. The minimum absolute atomic E-state index is 0.0449. The lowest BCUT2D eigenvalue weighted by atomic mass is 9.52. The molecule has 12 heteroatoms. The highest BCUT2D eigenvalue weighted by Gasteiger charge is 2.69. The highest BCUT2D eigenvalue weighted by molar-refractivity contribution is 6.32. The maximum atomic E-state index is 15.9. The Hall–Kier alpha value is -3.61. The quantitative estimate of drug-likeness (QED) is 0.441. The van der Waals surface area contributed by atoms with Crippen LogP contribution in [0.5, 0.6) is 5.75 Å². The number of aromatic hydroxyl groups is 1. The number of amides is 1. The lowest BCUT2D eigenvalue weighted by Crippen LogP contribution is -2.74. The molecule has 6 rings (SSSR count). The van der Waals surface area contributed by atoms with Crippen LogP contribution in [-0.2, 0) is 32.1 Å². The van der Waals surface area contributed by atoms with Crippen LogP contribution in [0.4, 0.5) is 8.78 Å². The summed E-state index contributed by atoms with van der Waals surface area (Å²) < 4.78 is 29.2. The number of phenols is 1. The van der Waals surface area contributed by atoms with Crippen molar-refractivity contribution in [3.05, 3.63) is 40.7 Å². The Kier molecular flexibility index (Phi) is 6.18. The zero-order chi connectivity index (χ0) is 29.7. The third-order valence-electron chi connectivity index (χ3n) is 9.35. The van der Waals surface area contributed by atoms with Gasteiger partial charge in [-0.05, 0) is 44.5 Å². The fourth-order valence-electron chi connectivity index (χ4n) is 7.46. The van der Waals surface area contributed by atoms with Crippen molar-refractivity contribution in [2.45, 2.75) is 37.2 Å². The highest BCUT2D eigenvalue weighted by Crippen LogP contribution is 2.52. The molecule has 2 aromatic carbocycles. The van der Waals surface area contributed by atoms with Gasteiger partial charge in [-0.3, -0.25) is 33.8 Å². The molecular formula is C29H29F2N3O7. The van der Waals surface area contributed by atoms with E-state index in [4.69, 9.17) is 5.73 Å². The number of nitrogens with zero attached hydrogens (tertiary/aromatic N) is 2. The first kappa shape index (κ1) is 27.6. The van der Waals surface area contributed by atoms with Gasteiger partial charge in [0.2, 0.25) is 5.91 Å². The number of hydrogen-bond acceptors (Lipinski definition) is 9. The number of carbonyl (C=O) groups is 5. The molecule has 1 saturated heterocycles. The lowest BCUT2D eigenvalue weighted by molar-refractivity contribution is -0.181. The Morgan fingerprint density at radius 2 is 1.83 bits per heavy atom. The van der Waals surface area contributed by atoms with E-state index in [-0.39, 0.29) is 42.3 Å². The van der Waals surface area contributed by atoms with E-state index < -0.39 is 87.7 Å². The number of benzene rings is 2. The molecule has 6 atom stereocenters. The molecule has 0 aromatic heterocycles. The van der Waals surface area contributed by atoms with Gasteiger partial charge in [0.25, 0.3) is 0 Å². The van der Waals surface area contributed by atoms with E-state index in [0.29, 0.717) is 12.1 Å². The first-order chi connectivity index (χ1) is 19.3. The third-order valence-corrected chi connectivity index (χ3v) is 9.35. The van der Waals surface area contributed by atoms with E-state index >= 15 is 4.39 Å². The summed E-state index contributed by atoms with van der Waals surface area (Å²) in [4.78, 5) is 69.6. The number of phenolic OH excluding ortho intramolecular Hbond substituents is 1. The van der Waals surface area contributed by atoms with Gasteiger partial charge in [0, 0.05) is 41.9 Å². The van der Waals surface area contributed by atoms with E-state index in [1.807, 2.05) is 4.90 Å². The highest BCUT2D eigenvalue weighted by atomic mass is 19.1. The molecule has 2 unspecified atom stereocenters. The predicted octanol–water partition coefficient (Wildman–Crippen LogP) is 0.313. The minimum Gasteiger partial charge on any atom is -0.507 e. The average Bonchev–Trinajstić information content (AvgIpc) is 2.88. The smallest absolute Gasteiger partial charge is 0.235 e. The van der Waals surface area contributed by atoms with Gasteiger partial charge in [0.1, 0.15) is 17.7 Å². The molecule has 0 bridgehead atoms. The number of aliphatic hydroxyl groups is 1. The van der Waals surface area contributed by atoms with Crippen LogP contribution in [0, 0.1) is 29.5 Å². The monoisotopic (exact) mass is 569 g/mol. The fraction of sp³-hybridized carbons (Fsp3) is 0.483. The summed E-state index contributed by atoms with van der Waals surface area (Å²) in [7, 11) is 2.98. The standard InChI is InChI=1S/C29H29F2N3O7/c1-33(2)22-17-7-12-6-16-19(24(36)18(12)26(38)29(17,41)27(39)20(25(22)37)28(32)40)23(35)15-5-11(3-4-14(15)21(16)31)8-34-9-13(30)10-34/h3-5,12-13,17-18,20,22,35,41H,6-10H2,1-2H3,(H2,32,40)/t12-,17-,18?,20?,22-,29-/m0/s1. The van der Waals surface area contributed by atoms with E-state index in [1.54, 1.807) is 6.07 Å². The Morgan fingerprint density at radius 3 is 2.44 bits per heavy atom. The molecule has 4 aliphatic rings. The molecule has 0 spiro atoms. The number of rotatable bonds is 4. The zero-order valence-corrected chi connectivity index (χ0v) is 22.4. The van der Waals surface area contributed by atoms with Crippen molar-refractivity contribution in [1.82, 2.24) is 9.80 Å². The molecule has 2 aromatic rings. The number of fused-ring (bicyclic) bond motifs is 4. The summed E-state index contributed by atoms with van der Waals surface area (Å²) in [5, 5.41) is 23.0. The number of likely N-dealkylation sites (N-methyl/N-ethyl adjacent to an activating group) is 1. The maximum Gasteiger partial charge on any atom is 0.235 e. The number of hydrogen-bond donors (Lipinski definition) is 3. The van der Waals surface area contributed by atoms with E-state index in [9.17, 15) is 38.6 Å². The molecule has 4 N–H and O–H groups in total. The van der Waals surface area contributed by atoms with Gasteiger partial charge in [-0.1, -0.05) is 12.1 Å². The van der Waals surface area contributed by atoms with Gasteiger partial charge in [-0.15, -0.1) is 0 Å². The summed E-state index contributed by atoms with van der Waals surface area (Å²) >= 11 is 0. The second-order valence-corrected chi connectivity index (χ2v) is 12.0. The number of nitrogens with two attached hydrogens (primary N) is 1. The molecule has 3 fully saturated rings. The molecule has 1 aliphatic heterocycles. The van der Waals surface area contributed by atoms with Crippen molar-refractivity contribution >= 4 is 39.8 Å². The zero-order valence-electron chi connectivity index (χ0n) is 22.4. The van der Waals surface area contributed by atoms with Gasteiger partial charge < -0.3 is 15.9 Å². The molecule has 10 nitrogen and oxygen atoms in total. The number of alkyl halides is 1. The largest absolute Gasteiger partial charge is 0.507 e. The van der Waals surface area contributed by atoms with Crippen LogP contribution in [-0.4, -0.2) is 94.1 Å². The van der Waals surface area contributed by atoms with Crippen molar-refractivity contribution in [3.8, 4) is 5.75 Å². The molecule has 216 valence electrons. The number of Topliss-reactive ketones (excluding diaryl/α,β-unsaturated/α-hetero) is 4. The Morgan fingerprint density at radius 1 is 1.15 bits per heavy atom. The second-order valence-electron chi connectivity index (χ2n) is 12.0. The molecule has 41 heavy (non-hydrogen) atoms. The van der Waals surface area contributed by atoms with Gasteiger partial charge in [0.05, 0.1) is 17.5 Å². The van der Waals surface area contributed by atoms with Crippen molar-refractivity contribution in [1.29, 1.82) is 0 Å². The van der Waals surface area contributed by atoms with Crippen LogP contribution >= 0.6 is 0 Å². The maximum absolute atomic E-state index is 15.9. The van der Waals surface area contributed by atoms with Crippen molar-refractivity contribution in [2.24, 2.45) is 29.4 Å². The van der Waals surface area contributed by atoms with Crippen molar-refractivity contribution in [3.63, 3.8) is 0 Å². The van der Waals surface area contributed by atoms with Gasteiger partial charge >= 0.3 is 0 Å². The topological polar surface area (TPSA) is 158 Å². The van der Waals surface area contributed by atoms with Crippen LogP contribution in [0.3, 0.4) is 0 Å². The third kappa shape index (κ3) is 3.73. The number of carbonyl (C=O) groups excluding carboxylic acids is 5. The van der Waals surface area contributed by atoms with Gasteiger partial charge in [-0.25, -0.2) is 8.78 Å². The Labute approximate surface area is 233 Å². The van der Waals surface area contributed by atoms with Crippen LogP contribution in [0.2, 0.25) is 0 Å². The predicted molar refractivity (Wildman–Crippen MR) is 139 cm³/mol. The van der Waals surface area contributed by atoms with Crippen molar-refractivity contribution in [2.75, 3.05) is 27.2 Å². The first-order valence-electron chi connectivity index (χ1n) is 13.4. The molecular weight excluding hydrogens is 540 g/mol. The number of ketones is 4. The van der Waals surface area contributed by atoms with E-state index in [1.165, 1.54) is 31.1 Å². The lowest BCUT2D eigenvalue weighted by Gasteiger charge is -2.52. The SMILES string of the molecule is CN(C)[C@@H]1C(=O)C(C(N)=O)C(=O)[C@@]2(O)C(=O)C3C(=O)c4c(c(F)c5ccc(CN6CC(F)C6)cc5c4O)C[C@H]3C[C@@H]12. The summed E-state index contributed by atoms with van der Waals surface area (Å²) in [6.45, 7) is 0.868. The summed E-state index contributed by atoms with van der Waals surface area (Å²) in [5.74, 6) is -12.7. The molecule has 1 amide bonds. The number of primary amides is 1. The van der Waals surface area contributed by atoms with Crippen molar-refractivity contribution < 1.29 is 43.0 Å². The second kappa shape index (κ2) is 9.20. The van der Waals surface area contributed by atoms with Crippen LogP contribution in [0.15, 0.2) is 18.2 Å². The average molecular weight is 570 g/mol. The van der Waals surface area contributed by atoms with Crippen LogP contribution in [0.25, 0.3) is 10.8 Å². The minimum atomic E-state index is -2.85. The first-order valence-corrected chi connectivity index (χ1v) is 13.4. The van der Waals surface area contributed by atoms with Gasteiger partial charge in [-0.2, -0.15) is 0 Å². The van der Waals surface area contributed by atoms with E-state index in [2.05, 4.69) is 0 Å². The molecule has 0 radical (unpaired) electrons. The van der Waals surface area contributed by atoms with Crippen LogP contribution in [0.1, 0.15) is 27.9 Å². The summed E-state index contributed by atoms with van der Waals surface area (Å²) in [6.07, 6.45) is -1.23. The molecule has 2 saturated carbocycles. The molecule has 1 heterocycles. The number of likely N-dealkylation sites (tertiary alicyclic amines) is 1. The summed E-state index contributed by atoms with van der Waals surface area (Å²) in [6, 6.07) is 3.43. The normalized spacial score (nSPS) is 32.1. The summed E-state index contributed by atoms with van der Waals surface area (Å²) in [5.41, 5.74) is 2.66.